The lowest BCUT2D eigenvalue weighted by Crippen LogP contribution is -2.46. The van der Waals surface area contributed by atoms with Gasteiger partial charge in [-0.05, 0) is 49.7 Å². The van der Waals surface area contributed by atoms with Gasteiger partial charge in [0.2, 0.25) is 0 Å². The largest absolute Gasteiger partial charge is 0.309 e. The molecule has 0 saturated carbocycles. The smallest absolute Gasteiger partial charge is 0.0761 e. The van der Waals surface area contributed by atoms with Gasteiger partial charge < -0.3 is 10.2 Å². The maximum absolute atomic E-state index is 6.25. The SMILES string of the molecule is CC1CN(C)CCC1NCc1ccc(Cl)c2cccnc12. The van der Waals surface area contributed by atoms with Crippen LogP contribution in [-0.4, -0.2) is 36.1 Å². The molecule has 1 aliphatic heterocycles. The van der Waals surface area contributed by atoms with Crippen molar-refractivity contribution in [1.29, 1.82) is 0 Å². The van der Waals surface area contributed by atoms with Crippen LogP contribution in [0.3, 0.4) is 0 Å². The summed E-state index contributed by atoms with van der Waals surface area (Å²) in [5.74, 6) is 0.676. The van der Waals surface area contributed by atoms with Gasteiger partial charge in [0.25, 0.3) is 0 Å². The van der Waals surface area contributed by atoms with E-state index in [0.717, 1.165) is 29.0 Å². The molecule has 1 fully saturated rings. The van der Waals surface area contributed by atoms with Crippen LogP contribution in [0.5, 0.6) is 0 Å². The van der Waals surface area contributed by atoms with Gasteiger partial charge in [0, 0.05) is 35.7 Å². The van der Waals surface area contributed by atoms with Crippen LogP contribution in [0.25, 0.3) is 10.9 Å². The lowest BCUT2D eigenvalue weighted by molar-refractivity contribution is 0.174. The maximum atomic E-state index is 6.25. The quantitative estimate of drug-likeness (QED) is 0.943. The molecule has 1 aliphatic rings. The first kappa shape index (κ1) is 14.8. The van der Waals surface area contributed by atoms with Crippen LogP contribution in [0, 0.1) is 5.92 Å². The Kier molecular flexibility index (Phi) is 4.43. The predicted octanol–water partition coefficient (Wildman–Crippen LogP) is 3.32. The van der Waals surface area contributed by atoms with Crippen molar-refractivity contribution >= 4 is 22.5 Å². The number of pyridine rings is 1. The molecule has 0 bridgehead atoms. The molecule has 0 aliphatic carbocycles. The van der Waals surface area contributed by atoms with Crippen LogP contribution in [0.1, 0.15) is 18.9 Å². The monoisotopic (exact) mass is 303 g/mol. The number of nitrogens with zero attached hydrogens (tertiary/aromatic N) is 2. The topological polar surface area (TPSA) is 28.2 Å². The Bertz CT molecular complexity index is 628. The number of hydrogen-bond donors (Lipinski definition) is 1. The van der Waals surface area contributed by atoms with Crippen LogP contribution in [-0.2, 0) is 6.54 Å². The van der Waals surface area contributed by atoms with E-state index in [-0.39, 0.29) is 0 Å². The van der Waals surface area contributed by atoms with Crippen molar-refractivity contribution in [3.05, 3.63) is 41.0 Å². The molecular formula is C17H22ClN3. The fourth-order valence-corrected chi connectivity index (χ4v) is 3.45. The van der Waals surface area contributed by atoms with Gasteiger partial charge in [-0.25, -0.2) is 0 Å². The summed E-state index contributed by atoms with van der Waals surface area (Å²) in [5.41, 5.74) is 2.24. The number of likely N-dealkylation sites (tertiary alicyclic amines) is 1. The molecule has 0 radical (unpaired) electrons. The number of fused-ring (bicyclic) bond motifs is 1. The van der Waals surface area contributed by atoms with Crippen molar-refractivity contribution in [2.45, 2.75) is 25.9 Å². The van der Waals surface area contributed by atoms with E-state index in [9.17, 15) is 0 Å². The highest BCUT2D eigenvalue weighted by atomic mass is 35.5. The van der Waals surface area contributed by atoms with Crippen LogP contribution in [0.2, 0.25) is 5.02 Å². The Labute approximate surface area is 131 Å². The van der Waals surface area contributed by atoms with E-state index in [4.69, 9.17) is 11.6 Å². The van der Waals surface area contributed by atoms with Crippen LogP contribution in [0.4, 0.5) is 0 Å². The standard InChI is InChI=1S/C17H22ClN3/c1-12-11-21(2)9-7-16(12)20-10-13-5-6-15(18)14-4-3-8-19-17(13)14/h3-6,8,12,16,20H,7,9-11H2,1-2H3. The predicted molar refractivity (Wildman–Crippen MR) is 88.7 cm³/mol. The van der Waals surface area contributed by atoms with Gasteiger partial charge in [0.1, 0.15) is 0 Å². The van der Waals surface area contributed by atoms with E-state index in [1.165, 1.54) is 18.5 Å². The number of benzene rings is 1. The van der Waals surface area contributed by atoms with Gasteiger partial charge in [-0.1, -0.05) is 24.6 Å². The first-order chi connectivity index (χ1) is 10.1. The Morgan fingerprint density at radius 2 is 2.24 bits per heavy atom. The second kappa shape index (κ2) is 6.30. The molecular weight excluding hydrogens is 282 g/mol. The summed E-state index contributed by atoms with van der Waals surface area (Å²) in [6, 6.07) is 8.61. The molecule has 2 aromatic rings. The molecule has 3 nitrogen and oxygen atoms in total. The van der Waals surface area contributed by atoms with Crippen LogP contribution < -0.4 is 5.32 Å². The van der Waals surface area contributed by atoms with Gasteiger partial charge in [0.05, 0.1) is 5.52 Å². The normalized spacial score (nSPS) is 23.6. The van der Waals surface area contributed by atoms with Crippen molar-refractivity contribution in [3.63, 3.8) is 0 Å². The Balaban J connectivity index is 1.75. The first-order valence-electron chi connectivity index (χ1n) is 7.59. The highest BCUT2D eigenvalue weighted by Crippen LogP contribution is 2.25. The summed E-state index contributed by atoms with van der Waals surface area (Å²) in [5, 5.41) is 5.52. The van der Waals surface area contributed by atoms with E-state index in [1.54, 1.807) is 0 Å². The number of halogens is 1. The first-order valence-corrected chi connectivity index (χ1v) is 7.97. The van der Waals surface area contributed by atoms with Gasteiger partial charge in [-0.15, -0.1) is 0 Å². The number of piperidine rings is 1. The summed E-state index contributed by atoms with van der Waals surface area (Å²) in [6.45, 7) is 5.51. The molecule has 112 valence electrons. The average Bonchev–Trinajstić information content (AvgIpc) is 2.48. The number of aromatic nitrogens is 1. The van der Waals surface area contributed by atoms with E-state index in [2.05, 4.69) is 35.2 Å². The minimum atomic E-state index is 0.579. The second-order valence-electron chi connectivity index (χ2n) is 6.12. The van der Waals surface area contributed by atoms with Crippen molar-refractivity contribution in [2.75, 3.05) is 20.1 Å². The van der Waals surface area contributed by atoms with Gasteiger partial charge in [-0.2, -0.15) is 0 Å². The van der Waals surface area contributed by atoms with E-state index >= 15 is 0 Å². The highest BCUT2D eigenvalue weighted by Gasteiger charge is 2.23. The summed E-state index contributed by atoms with van der Waals surface area (Å²) in [6.07, 6.45) is 3.04. The maximum Gasteiger partial charge on any atom is 0.0761 e. The molecule has 1 aromatic heterocycles. The summed E-state index contributed by atoms with van der Waals surface area (Å²) in [4.78, 5) is 6.91. The fraction of sp³-hybridized carbons (Fsp3) is 0.471. The molecule has 1 N–H and O–H groups in total. The molecule has 21 heavy (non-hydrogen) atoms. The van der Waals surface area contributed by atoms with E-state index in [0.29, 0.717) is 12.0 Å². The van der Waals surface area contributed by atoms with Gasteiger partial charge >= 0.3 is 0 Å². The molecule has 1 aromatic carbocycles. The van der Waals surface area contributed by atoms with Gasteiger partial charge in [0.15, 0.2) is 0 Å². The fourth-order valence-electron chi connectivity index (χ4n) is 3.24. The minimum Gasteiger partial charge on any atom is -0.309 e. The van der Waals surface area contributed by atoms with E-state index < -0.39 is 0 Å². The average molecular weight is 304 g/mol. The Morgan fingerprint density at radius 1 is 1.38 bits per heavy atom. The molecule has 1 saturated heterocycles. The van der Waals surface area contributed by atoms with Crippen molar-refractivity contribution in [1.82, 2.24) is 15.2 Å². The molecule has 0 spiro atoms. The molecule has 0 amide bonds. The molecule has 3 rings (SSSR count). The molecule has 2 unspecified atom stereocenters. The molecule has 2 atom stereocenters. The summed E-state index contributed by atoms with van der Waals surface area (Å²) in [7, 11) is 2.20. The number of nitrogens with one attached hydrogen (secondary N) is 1. The number of hydrogen-bond acceptors (Lipinski definition) is 3. The summed E-state index contributed by atoms with van der Waals surface area (Å²) >= 11 is 6.25. The van der Waals surface area contributed by atoms with Crippen molar-refractivity contribution in [3.8, 4) is 0 Å². The third kappa shape index (κ3) is 3.20. The zero-order valence-electron chi connectivity index (χ0n) is 12.6. The van der Waals surface area contributed by atoms with Gasteiger partial charge in [-0.3, -0.25) is 4.98 Å². The van der Waals surface area contributed by atoms with Crippen LogP contribution in [0.15, 0.2) is 30.5 Å². The van der Waals surface area contributed by atoms with Crippen molar-refractivity contribution in [2.24, 2.45) is 5.92 Å². The lowest BCUT2D eigenvalue weighted by atomic mass is 9.94. The minimum absolute atomic E-state index is 0.579. The Morgan fingerprint density at radius 3 is 3.05 bits per heavy atom. The third-order valence-electron chi connectivity index (χ3n) is 4.46. The third-order valence-corrected chi connectivity index (χ3v) is 4.79. The molecule has 2 heterocycles. The van der Waals surface area contributed by atoms with E-state index in [1.807, 2.05) is 24.4 Å². The highest BCUT2D eigenvalue weighted by molar-refractivity contribution is 6.35. The zero-order chi connectivity index (χ0) is 14.8. The summed E-state index contributed by atoms with van der Waals surface area (Å²) < 4.78 is 0. The van der Waals surface area contributed by atoms with Crippen molar-refractivity contribution < 1.29 is 0 Å². The number of rotatable bonds is 3. The lowest BCUT2D eigenvalue weighted by Gasteiger charge is -2.35. The molecule has 4 heteroatoms. The zero-order valence-corrected chi connectivity index (χ0v) is 13.4. The second-order valence-corrected chi connectivity index (χ2v) is 6.53. The Hall–Kier alpha value is -1.16. The van der Waals surface area contributed by atoms with Crippen LogP contribution >= 0.6 is 11.6 Å².